The molecule has 0 saturated carbocycles. The second-order valence-corrected chi connectivity index (χ2v) is 4.40. The van der Waals surface area contributed by atoms with Crippen LogP contribution in [0.4, 0.5) is 11.4 Å². The highest BCUT2D eigenvalue weighted by atomic mass is 16.5. The highest BCUT2D eigenvalue weighted by molar-refractivity contribution is 6.03. The Hall–Kier alpha value is -2.50. The van der Waals surface area contributed by atoms with Crippen LogP contribution in [0, 0.1) is 6.92 Å². The number of aromatic nitrogens is 2. The van der Waals surface area contributed by atoms with Gasteiger partial charge in [0.05, 0.1) is 18.5 Å². The third-order valence-electron chi connectivity index (χ3n) is 2.92. The first-order chi connectivity index (χ1) is 9.55. The van der Waals surface area contributed by atoms with E-state index >= 15 is 0 Å². The second-order valence-electron chi connectivity index (χ2n) is 4.40. The summed E-state index contributed by atoms with van der Waals surface area (Å²) in [5.74, 6) is 0.370. The van der Waals surface area contributed by atoms with Crippen LogP contribution in [-0.2, 0) is 6.54 Å². The molecule has 0 atom stereocenters. The average Bonchev–Trinajstić information content (AvgIpc) is 2.80. The smallest absolute Gasteiger partial charge is 0.273 e. The Labute approximate surface area is 117 Å². The molecule has 0 saturated heterocycles. The number of nitrogens with one attached hydrogen (secondary N) is 1. The number of anilines is 2. The number of carbonyl (C=O) groups excluding carboxylic acids is 1. The average molecular weight is 274 g/mol. The zero-order chi connectivity index (χ0) is 14.7. The van der Waals surface area contributed by atoms with E-state index in [0.717, 1.165) is 5.69 Å². The molecule has 0 aliphatic heterocycles. The summed E-state index contributed by atoms with van der Waals surface area (Å²) in [6.07, 6.45) is 0. The number of rotatable bonds is 4. The number of hydrogen-bond donors (Lipinski definition) is 2. The van der Waals surface area contributed by atoms with Crippen LogP contribution in [0.15, 0.2) is 24.3 Å². The molecule has 0 aliphatic carbocycles. The summed E-state index contributed by atoms with van der Waals surface area (Å²) in [5.41, 5.74) is 8.25. The first-order valence-corrected chi connectivity index (χ1v) is 6.34. The number of nitrogens with two attached hydrogens (primary N) is 1. The van der Waals surface area contributed by atoms with E-state index in [2.05, 4.69) is 10.4 Å². The van der Waals surface area contributed by atoms with Gasteiger partial charge < -0.3 is 15.8 Å². The van der Waals surface area contributed by atoms with Gasteiger partial charge in [-0.15, -0.1) is 0 Å². The van der Waals surface area contributed by atoms with Crippen molar-refractivity contribution in [1.82, 2.24) is 9.78 Å². The number of aryl methyl sites for hydroxylation is 2. The quantitative estimate of drug-likeness (QED) is 0.836. The molecule has 2 rings (SSSR count). The van der Waals surface area contributed by atoms with Crippen LogP contribution in [0.5, 0.6) is 5.75 Å². The van der Waals surface area contributed by atoms with E-state index in [0.29, 0.717) is 29.4 Å². The van der Waals surface area contributed by atoms with Gasteiger partial charge in [0.25, 0.3) is 5.91 Å². The van der Waals surface area contributed by atoms with Crippen LogP contribution in [0.25, 0.3) is 0 Å². The second kappa shape index (κ2) is 5.64. The molecule has 20 heavy (non-hydrogen) atoms. The Morgan fingerprint density at radius 3 is 2.80 bits per heavy atom. The van der Waals surface area contributed by atoms with Crippen molar-refractivity contribution in [3.63, 3.8) is 0 Å². The van der Waals surface area contributed by atoms with Crippen molar-refractivity contribution in [3.8, 4) is 5.75 Å². The molecule has 1 aromatic carbocycles. The maximum atomic E-state index is 12.2. The first kappa shape index (κ1) is 13.9. The summed E-state index contributed by atoms with van der Waals surface area (Å²) >= 11 is 0. The molecule has 3 N–H and O–H groups in total. The molecule has 0 unspecified atom stereocenters. The molecule has 6 heteroatoms. The molecule has 6 nitrogen and oxygen atoms in total. The molecule has 0 spiro atoms. The number of ether oxygens (including phenoxy) is 1. The molecular weight excluding hydrogens is 256 g/mol. The Balaban J connectivity index is 2.21. The lowest BCUT2D eigenvalue weighted by Crippen LogP contribution is -2.17. The highest BCUT2D eigenvalue weighted by Crippen LogP contribution is 2.24. The molecule has 0 aliphatic rings. The number of benzene rings is 1. The van der Waals surface area contributed by atoms with Crippen molar-refractivity contribution in [2.75, 3.05) is 18.2 Å². The fraction of sp³-hybridized carbons (Fsp3) is 0.286. The lowest BCUT2D eigenvalue weighted by atomic mass is 10.2. The van der Waals surface area contributed by atoms with Crippen LogP contribution < -0.4 is 15.8 Å². The number of methoxy groups -OCH3 is 1. The maximum Gasteiger partial charge on any atom is 0.273 e. The van der Waals surface area contributed by atoms with E-state index in [1.54, 1.807) is 36.1 Å². The largest absolute Gasteiger partial charge is 0.495 e. The molecule has 1 aromatic heterocycles. The summed E-state index contributed by atoms with van der Waals surface area (Å²) in [6.45, 7) is 4.43. The summed E-state index contributed by atoms with van der Waals surface area (Å²) in [5, 5.41) is 7.05. The minimum Gasteiger partial charge on any atom is -0.495 e. The molecule has 0 bridgehead atoms. The zero-order valence-corrected chi connectivity index (χ0v) is 11.8. The van der Waals surface area contributed by atoms with Crippen molar-refractivity contribution in [1.29, 1.82) is 0 Å². The van der Waals surface area contributed by atoms with Crippen molar-refractivity contribution < 1.29 is 9.53 Å². The predicted octanol–water partition coefficient (Wildman–Crippen LogP) is 2.05. The van der Waals surface area contributed by atoms with Gasteiger partial charge in [0.1, 0.15) is 11.4 Å². The van der Waals surface area contributed by atoms with E-state index in [4.69, 9.17) is 10.5 Å². The SMILES string of the molecule is CCn1nc(C)cc1C(=O)Nc1ccc(OC)c(N)c1. The van der Waals surface area contributed by atoms with E-state index in [1.165, 1.54) is 0 Å². The number of hydrogen-bond acceptors (Lipinski definition) is 4. The van der Waals surface area contributed by atoms with E-state index in [-0.39, 0.29) is 5.91 Å². The van der Waals surface area contributed by atoms with Gasteiger partial charge in [-0.1, -0.05) is 0 Å². The summed E-state index contributed by atoms with van der Waals surface area (Å²) in [4.78, 5) is 12.2. The van der Waals surface area contributed by atoms with Gasteiger partial charge in [0.2, 0.25) is 0 Å². The minimum atomic E-state index is -0.211. The monoisotopic (exact) mass is 274 g/mol. The summed E-state index contributed by atoms with van der Waals surface area (Å²) in [7, 11) is 1.55. The van der Waals surface area contributed by atoms with Gasteiger partial charge in [-0.05, 0) is 38.1 Å². The molecular formula is C14H18N4O2. The molecule has 106 valence electrons. The van der Waals surface area contributed by atoms with Gasteiger partial charge in [-0.25, -0.2) is 0 Å². The molecule has 1 heterocycles. The van der Waals surface area contributed by atoms with Gasteiger partial charge in [-0.3, -0.25) is 9.48 Å². The highest BCUT2D eigenvalue weighted by Gasteiger charge is 2.13. The van der Waals surface area contributed by atoms with E-state index in [9.17, 15) is 4.79 Å². The van der Waals surface area contributed by atoms with Crippen LogP contribution in [0.2, 0.25) is 0 Å². The summed E-state index contributed by atoms with van der Waals surface area (Å²) < 4.78 is 6.74. The first-order valence-electron chi connectivity index (χ1n) is 6.34. The molecule has 2 aromatic rings. The van der Waals surface area contributed by atoms with Crippen molar-refractivity contribution in [2.24, 2.45) is 0 Å². The van der Waals surface area contributed by atoms with Gasteiger partial charge in [-0.2, -0.15) is 5.10 Å². The van der Waals surface area contributed by atoms with Crippen molar-refractivity contribution >= 4 is 17.3 Å². The maximum absolute atomic E-state index is 12.2. The van der Waals surface area contributed by atoms with Crippen LogP contribution in [0.3, 0.4) is 0 Å². The topological polar surface area (TPSA) is 82.2 Å². The Morgan fingerprint density at radius 1 is 1.45 bits per heavy atom. The zero-order valence-electron chi connectivity index (χ0n) is 11.8. The fourth-order valence-corrected chi connectivity index (χ4v) is 1.98. The van der Waals surface area contributed by atoms with Gasteiger partial charge in [0, 0.05) is 12.2 Å². The van der Waals surface area contributed by atoms with Gasteiger partial charge >= 0.3 is 0 Å². The lowest BCUT2D eigenvalue weighted by molar-refractivity contribution is 0.101. The van der Waals surface area contributed by atoms with Crippen LogP contribution in [0.1, 0.15) is 23.1 Å². The van der Waals surface area contributed by atoms with Gasteiger partial charge in [0.15, 0.2) is 0 Å². The normalized spacial score (nSPS) is 10.3. The Bertz CT molecular complexity index is 634. The van der Waals surface area contributed by atoms with Crippen molar-refractivity contribution in [3.05, 3.63) is 35.7 Å². The van der Waals surface area contributed by atoms with Crippen LogP contribution >= 0.6 is 0 Å². The Morgan fingerprint density at radius 2 is 2.20 bits per heavy atom. The third kappa shape index (κ3) is 2.74. The molecule has 0 radical (unpaired) electrons. The van der Waals surface area contributed by atoms with E-state index in [1.807, 2.05) is 13.8 Å². The minimum absolute atomic E-state index is 0.211. The fourth-order valence-electron chi connectivity index (χ4n) is 1.98. The number of carbonyl (C=O) groups is 1. The lowest BCUT2D eigenvalue weighted by Gasteiger charge is -2.09. The third-order valence-corrected chi connectivity index (χ3v) is 2.92. The van der Waals surface area contributed by atoms with Crippen LogP contribution in [-0.4, -0.2) is 22.8 Å². The van der Waals surface area contributed by atoms with E-state index < -0.39 is 0 Å². The number of amides is 1. The predicted molar refractivity (Wildman–Crippen MR) is 78.0 cm³/mol. The molecule has 1 amide bonds. The standard InChI is InChI=1S/C14H18N4O2/c1-4-18-12(7-9(2)17-18)14(19)16-10-5-6-13(20-3)11(15)8-10/h5-8H,4,15H2,1-3H3,(H,16,19). The van der Waals surface area contributed by atoms with Crippen molar-refractivity contribution in [2.45, 2.75) is 20.4 Å². The molecule has 0 fully saturated rings. The summed E-state index contributed by atoms with van der Waals surface area (Å²) in [6, 6.07) is 6.88. The Kier molecular flexibility index (Phi) is 3.93. The number of nitrogen functional groups attached to an aromatic ring is 1. The number of nitrogens with zero attached hydrogens (tertiary/aromatic N) is 2.